The van der Waals surface area contributed by atoms with Gasteiger partial charge in [-0.05, 0) is 49.9 Å². The van der Waals surface area contributed by atoms with E-state index in [4.69, 9.17) is 4.74 Å². The summed E-state index contributed by atoms with van der Waals surface area (Å²) in [6.45, 7) is 5.44. The fraction of sp³-hybridized carbons (Fsp3) is 0.474. The van der Waals surface area contributed by atoms with Crippen LogP contribution in [0.2, 0.25) is 0 Å². The molecule has 0 saturated heterocycles. The molecule has 0 fully saturated rings. The summed E-state index contributed by atoms with van der Waals surface area (Å²) in [5.74, 6) is -0.120. The highest BCUT2D eigenvalue weighted by atomic mass is 16.5. The standard InChI is InChI=1S/C19H22N2O3/c1-3-24-19(23)13-7-8-16-15(11-13)14-5-4-6-17-18(14)21(16)10-9-20(17)12(2)22/h7-8,11,17H,3-6,9-10H2,1-2H3/t17-/m0/s1. The molecule has 1 aromatic carbocycles. The average Bonchev–Trinajstić information content (AvgIpc) is 2.91. The van der Waals surface area contributed by atoms with Gasteiger partial charge in [-0.3, -0.25) is 4.79 Å². The predicted octanol–water partition coefficient (Wildman–Crippen LogP) is 3.06. The van der Waals surface area contributed by atoms with Crippen LogP contribution in [0, 0.1) is 0 Å². The van der Waals surface area contributed by atoms with Crippen molar-refractivity contribution in [1.82, 2.24) is 9.47 Å². The SMILES string of the molecule is CCOC(=O)c1ccc2c(c1)c1c3n2CCN(C(C)=O)[C@H]3CCC1. The number of ether oxygens (including phenoxy) is 1. The number of hydrogen-bond acceptors (Lipinski definition) is 3. The lowest BCUT2D eigenvalue weighted by Gasteiger charge is -2.39. The Kier molecular flexibility index (Phi) is 3.59. The lowest BCUT2D eigenvalue weighted by molar-refractivity contribution is -0.132. The largest absolute Gasteiger partial charge is 0.462 e. The molecule has 0 N–H and O–H groups in total. The molecule has 0 spiro atoms. The van der Waals surface area contributed by atoms with E-state index in [1.807, 2.05) is 30.0 Å². The predicted molar refractivity (Wildman–Crippen MR) is 91.0 cm³/mol. The van der Waals surface area contributed by atoms with Crippen molar-refractivity contribution in [2.75, 3.05) is 13.2 Å². The molecule has 4 rings (SSSR count). The van der Waals surface area contributed by atoms with E-state index in [1.54, 1.807) is 6.92 Å². The molecule has 1 aliphatic heterocycles. The smallest absolute Gasteiger partial charge is 0.338 e. The second-order valence-corrected chi connectivity index (χ2v) is 6.59. The Balaban J connectivity index is 1.88. The van der Waals surface area contributed by atoms with Crippen LogP contribution in [0.1, 0.15) is 54.3 Å². The van der Waals surface area contributed by atoms with Gasteiger partial charge in [0.1, 0.15) is 0 Å². The third kappa shape index (κ3) is 2.14. The van der Waals surface area contributed by atoms with Crippen LogP contribution in [-0.2, 0) is 22.5 Å². The molecule has 1 aliphatic carbocycles. The highest BCUT2D eigenvalue weighted by Gasteiger charge is 2.35. The minimum atomic E-state index is -0.270. The summed E-state index contributed by atoms with van der Waals surface area (Å²) < 4.78 is 7.49. The number of aromatic nitrogens is 1. The van der Waals surface area contributed by atoms with Gasteiger partial charge < -0.3 is 14.2 Å². The molecule has 2 heterocycles. The van der Waals surface area contributed by atoms with Crippen LogP contribution in [0.5, 0.6) is 0 Å². The van der Waals surface area contributed by atoms with Crippen molar-refractivity contribution in [2.45, 2.75) is 45.7 Å². The van der Waals surface area contributed by atoms with E-state index < -0.39 is 0 Å². The van der Waals surface area contributed by atoms with Crippen LogP contribution in [0.3, 0.4) is 0 Å². The van der Waals surface area contributed by atoms with Gasteiger partial charge in [-0.1, -0.05) is 0 Å². The van der Waals surface area contributed by atoms with Crippen LogP contribution in [0.4, 0.5) is 0 Å². The van der Waals surface area contributed by atoms with Gasteiger partial charge in [-0.15, -0.1) is 0 Å². The molecule has 0 saturated carbocycles. The minimum Gasteiger partial charge on any atom is -0.462 e. The zero-order valence-corrected chi connectivity index (χ0v) is 14.2. The molecule has 1 amide bonds. The maximum atomic E-state index is 12.1. The Bertz CT molecular complexity index is 837. The Morgan fingerprint density at radius 1 is 1.29 bits per heavy atom. The van der Waals surface area contributed by atoms with Crippen LogP contribution >= 0.6 is 0 Å². The number of amides is 1. The zero-order valence-electron chi connectivity index (χ0n) is 14.2. The van der Waals surface area contributed by atoms with E-state index in [1.165, 1.54) is 16.8 Å². The Labute approximate surface area is 141 Å². The monoisotopic (exact) mass is 326 g/mol. The van der Waals surface area contributed by atoms with E-state index in [0.29, 0.717) is 12.2 Å². The van der Waals surface area contributed by atoms with E-state index in [-0.39, 0.29) is 17.9 Å². The van der Waals surface area contributed by atoms with E-state index in [9.17, 15) is 9.59 Å². The lowest BCUT2D eigenvalue weighted by Crippen LogP contribution is -2.42. The molecule has 5 nitrogen and oxygen atoms in total. The van der Waals surface area contributed by atoms with Gasteiger partial charge >= 0.3 is 5.97 Å². The highest BCUT2D eigenvalue weighted by Crippen LogP contribution is 2.42. The van der Waals surface area contributed by atoms with Crippen molar-refractivity contribution in [2.24, 2.45) is 0 Å². The number of benzene rings is 1. The van der Waals surface area contributed by atoms with Crippen molar-refractivity contribution in [1.29, 1.82) is 0 Å². The molecule has 2 aromatic rings. The van der Waals surface area contributed by atoms with Crippen LogP contribution < -0.4 is 0 Å². The highest BCUT2D eigenvalue weighted by molar-refractivity contribution is 5.96. The second-order valence-electron chi connectivity index (χ2n) is 6.59. The normalized spacial score (nSPS) is 19.2. The number of carbonyl (C=O) groups excluding carboxylic acids is 2. The number of nitrogens with zero attached hydrogens (tertiary/aromatic N) is 2. The summed E-state index contributed by atoms with van der Waals surface area (Å²) >= 11 is 0. The summed E-state index contributed by atoms with van der Waals surface area (Å²) in [5.41, 5.74) is 4.36. The molecule has 1 aromatic heterocycles. The molecule has 126 valence electrons. The Morgan fingerprint density at radius 3 is 2.88 bits per heavy atom. The summed E-state index contributed by atoms with van der Waals surface area (Å²) in [7, 11) is 0. The van der Waals surface area contributed by atoms with Crippen molar-refractivity contribution >= 4 is 22.8 Å². The zero-order chi connectivity index (χ0) is 16.8. The number of aryl methyl sites for hydroxylation is 1. The number of rotatable bonds is 2. The first-order valence-corrected chi connectivity index (χ1v) is 8.71. The molecule has 5 heteroatoms. The Hall–Kier alpha value is -2.30. The average molecular weight is 326 g/mol. The van der Waals surface area contributed by atoms with Crippen molar-refractivity contribution in [3.63, 3.8) is 0 Å². The number of hydrogen-bond donors (Lipinski definition) is 0. The molecular weight excluding hydrogens is 304 g/mol. The molecule has 0 bridgehead atoms. The van der Waals surface area contributed by atoms with Crippen LogP contribution in [-0.4, -0.2) is 34.5 Å². The summed E-state index contributed by atoms with van der Waals surface area (Å²) in [6.07, 6.45) is 3.10. The van der Waals surface area contributed by atoms with E-state index in [2.05, 4.69) is 4.57 Å². The van der Waals surface area contributed by atoms with Crippen molar-refractivity contribution in [3.05, 3.63) is 35.0 Å². The first-order valence-electron chi connectivity index (χ1n) is 8.71. The first kappa shape index (κ1) is 15.2. The number of fused-ring (bicyclic) bond motifs is 3. The van der Waals surface area contributed by atoms with E-state index >= 15 is 0 Å². The number of carbonyl (C=O) groups is 2. The van der Waals surface area contributed by atoms with Crippen molar-refractivity contribution < 1.29 is 14.3 Å². The Morgan fingerprint density at radius 2 is 2.12 bits per heavy atom. The summed E-state index contributed by atoms with van der Waals surface area (Å²) in [5, 5.41) is 1.14. The molecule has 24 heavy (non-hydrogen) atoms. The van der Waals surface area contributed by atoms with E-state index in [0.717, 1.165) is 37.7 Å². The third-order valence-corrected chi connectivity index (χ3v) is 5.29. The van der Waals surface area contributed by atoms with Crippen LogP contribution in [0.15, 0.2) is 18.2 Å². The minimum absolute atomic E-state index is 0.150. The summed E-state index contributed by atoms with van der Waals surface area (Å²) in [4.78, 5) is 26.1. The molecule has 2 aliphatic rings. The van der Waals surface area contributed by atoms with Crippen LogP contribution in [0.25, 0.3) is 10.9 Å². The van der Waals surface area contributed by atoms with Gasteiger partial charge in [0, 0.05) is 36.6 Å². The quantitative estimate of drug-likeness (QED) is 0.797. The molecule has 0 radical (unpaired) electrons. The van der Waals surface area contributed by atoms with Gasteiger partial charge in [-0.25, -0.2) is 4.79 Å². The maximum absolute atomic E-state index is 12.1. The lowest BCUT2D eigenvalue weighted by atomic mass is 9.89. The summed E-state index contributed by atoms with van der Waals surface area (Å²) in [6, 6.07) is 6.02. The van der Waals surface area contributed by atoms with Gasteiger partial charge in [0.2, 0.25) is 5.91 Å². The fourth-order valence-corrected chi connectivity index (χ4v) is 4.32. The fourth-order valence-electron chi connectivity index (χ4n) is 4.32. The first-order chi connectivity index (χ1) is 11.6. The van der Waals surface area contributed by atoms with Crippen molar-refractivity contribution in [3.8, 4) is 0 Å². The maximum Gasteiger partial charge on any atom is 0.338 e. The number of esters is 1. The topological polar surface area (TPSA) is 51.5 Å². The molecule has 1 atom stereocenters. The molecule has 0 unspecified atom stereocenters. The third-order valence-electron chi connectivity index (χ3n) is 5.29. The van der Waals surface area contributed by atoms with Gasteiger partial charge in [0.15, 0.2) is 0 Å². The second kappa shape index (κ2) is 5.65. The van der Waals surface area contributed by atoms with Gasteiger partial charge in [0.25, 0.3) is 0 Å². The molecular formula is C19H22N2O3. The van der Waals surface area contributed by atoms with Gasteiger partial charge in [0.05, 0.1) is 18.2 Å². The van der Waals surface area contributed by atoms with Gasteiger partial charge in [-0.2, -0.15) is 0 Å².